The Morgan fingerprint density at radius 1 is 1.38 bits per heavy atom. The van der Waals surface area contributed by atoms with Crippen LogP contribution in [0, 0.1) is 6.92 Å². The molecule has 24 heavy (non-hydrogen) atoms. The second-order valence-electron chi connectivity index (χ2n) is 5.70. The summed E-state index contributed by atoms with van der Waals surface area (Å²) in [5, 5.41) is 6.40. The number of anilines is 1. The number of benzene rings is 1. The number of carbonyl (C=O) groups excluding carboxylic acids is 2. The van der Waals surface area contributed by atoms with E-state index in [1.807, 2.05) is 30.3 Å². The molecular formula is C17H19N3O4. The van der Waals surface area contributed by atoms with Crippen LogP contribution in [0.2, 0.25) is 0 Å². The number of ether oxygens (including phenoxy) is 1. The number of rotatable bonds is 4. The van der Waals surface area contributed by atoms with Crippen LogP contribution in [0.15, 0.2) is 40.9 Å². The van der Waals surface area contributed by atoms with Crippen molar-refractivity contribution in [3.63, 3.8) is 0 Å². The molecule has 0 spiro atoms. The van der Waals surface area contributed by atoms with Gasteiger partial charge in [-0.05, 0) is 25.3 Å². The summed E-state index contributed by atoms with van der Waals surface area (Å²) in [5.74, 6) is 0.676. The maximum Gasteiger partial charge on any atom is 0.410 e. The van der Waals surface area contributed by atoms with Crippen LogP contribution in [-0.4, -0.2) is 34.6 Å². The highest BCUT2D eigenvalue weighted by Crippen LogP contribution is 2.20. The lowest BCUT2D eigenvalue weighted by molar-refractivity contribution is -0.120. The standard InChI is InChI=1S/C17H19N3O4/c1-12-10-15(19-24-12)18-16(21)14-8-5-9-20(14)17(22)23-11-13-6-3-2-4-7-13/h2-4,6-7,10,14H,5,8-9,11H2,1H3,(H,18,19,21). The molecule has 126 valence electrons. The molecule has 1 fully saturated rings. The van der Waals surface area contributed by atoms with Gasteiger partial charge in [-0.2, -0.15) is 0 Å². The van der Waals surface area contributed by atoms with Gasteiger partial charge in [0.15, 0.2) is 5.82 Å². The van der Waals surface area contributed by atoms with Gasteiger partial charge < -0.3 is 14.6 Å². The van der Waals surface area contributed by atoms with Crippen molar-refractivity contribution in [2.24, 2.45) is 0 Å². The van der Waals surface area contributed by atoms with Crippen molar-refractivity contribution in [1.82, 2.24) is 10.1 Å². The lowest BCUT2D eigenvalue weighted by Gasteiger charge is -2.22. The van der Waals surface area contributed by atoms with Gasteiger partial charge in [0.05, 0.1) is 0 Å². The summed E-state index contributed by atoms with van der Waals surface area (Å²) < 4.78 is 10.2. The van der Waals surface area contributed by atoms with Crippen molar-refractivity contribution < 1.29 is 18.8 Å². The van der Waals surface area contributed by atoms with E-state index in [0.29, 0.717) is 24.5 Å². The Balaban J connectivity index is 1.57. The minimum absolute atomic E-state index is 0.187. The predicted molar refractivity (Wildman–Crippen MR) is 86.2 cm³/mol. The minimum atomic E-state index is -0.551. The van der Waals surface area contributed by atoms with Crippen molar-refractivity contribution in [2.45, 2.75) is 32.4 Å². The molecule has 1 aliphatic heterocycles. The fraction of sp³-hybridized carbons (Fsp3) is 0.353. The van der Waals surface area contributed by atoms with Gasteiger partial charge >= 0.3 is 6.09 Å². The molecule has 7 nitrogen and oxygen atoms in total. The molecule has 1 atom stereocenters. The largest absolute Gasteiger partial charge is 0.445 e. The van der Waals surface area contributed by atoms with Gasteiger partial charge in [0.2, 0.25) is 5.91 Å². The number of amides is 2. The molecule has 7 heteroatoms. The fourth-order valence-corrected chi connectivity index (χ4v) is 2.69. The Hall–Kier alpha value is -2.83. The van der Waals surface area contributed by atoms with Gasteiger partial charge in [0.25, 0.3) is 0 Å². The lowest BCUT2D eigenvalue weighted by atomic mass is 10.2. The summed E-state index contributed by atoms with van der Waals surface area (Å²) >= 11 is 0. The van der Waals surface area contributed by atoms with Gasteiger partial charge in [-0.25, -0.2) is 4.79 Å². The molecule has 2 amide bonds. The smallest absolute Gasteiger partial charge is 0.410 e. The van der Waals surface area contributed by atoms with Crippen molar-refractivity contribution >= 4 is 17.8 Å². The summed E-state index contributed by atoms with van der Waals surface area (Å²) in [6.07, 6.45) is 0.882. The zero-order chi connectivity index (χ0) is 16.9. The second-order valence-corrected chi connectivity index (χ2v) is 5.70. The van der Waals surface area contributed by atoms with Crippen LogP contribution in [0.4, 0.5) is 10.6 Å². The maximum atomic E-state index is 12.4. The van der Waals surface area contributed by atoms with Gasteiger partial charge in [-0.3, -0.25) is 9.69 Å². The molecule has 0 bridgehead atoms. The third kappa shape index (κ3) is 3.73. The van der Waals surface area contributed by atoms with Crippen LogP contribution < -0.4 is 5.32 Å². The summed E-state index contributed by atoms with van der Waals surface area (Å²) in [7, 11) is 0. The number of carbonyl (C=O) groups is 2. The number of nitrogens with one attached hydrogen (secondary N) is 1. The second kappa shape index (κ2) is 7.16. The molecule has 1 saturated heterocycles. The van der Waals surface area contributed by atoms with Crippen molar-refractivity contribution in [3.8, 4) is 0 Å². The van der Waals surface area contributed by atoms with E-state index in [2.05, 4.69) is 10.5 Å². The summed E-state index contributed by atoms with van der Waals surface area (Å²) in [6, 6.07) is 10.5. The van der Waals surface area contributed by atoms with Crippen LogP contribution in [0.3, 0.4) is 0 Å². The van der Waals surface area contributed by atoms with Crippen LogP contribution in [0.25, 0.3) is 0 Å². The average molecular weight is 329 g/mol. The fourth-order valence-electron chi connectivity index (χ4n) is 2.69. The molecule has 1 aromatic heterocycles. The van der Waals surface area contributed by atoms with Crippen molar-refractivity contribution in [2.75, 3.05) is 11.9 Å². The molecule has 0 aliphatic carbocycles. The molecular weight excluding hydrogens is 310 g/mol. The molecule has 0 radical (unpaired) electrons. The van der Waals surface area contributed by atoms with Crippen molar-refractivity contribution in [3.05, 3.63) is 47.7 Å². The predicted octanol–water partition coefficient (Wildman–Crippen LogP) is 2.72. The highest BCUT2D eigenvalue weighted by atomic mass is 16.6. The van der Waals surface area contributed by atoms with E-state index in [1.54, 1.807) is 13.0 Å². The number of hydrogen-bond acceptors (Lipinski definition) is 5. The first kappa shape index (κ1) is 16.0. The number of aromatic nitrogens is 1. The summed E-state index contributed by atoms with van der Waals surface area (Å²) in [4.78, 5) is 26.1. The molecule has 1 unspecified atom stereocenters. The van der Waals surface area contributed by atoms with E-state index in [4.69, 9.17) is 9.26 Å². The first-order valence-corrected chi connectivity index (χ1v) is 7.85. The maximum absolute atomic E-state index is 12.4. The van der Waals surface area contributed by atoms with E-state index < -0.39 is 12.1 Å². The van der Waals surface area contributed by atoms with E-state index in [-0.39, 0.29) is 12.5 Å². The summed E-state index contributed by atoms with van der Waals surface area (Å²) in [6.45, 7) is 2.43. The Morgan fingerprint density at radius 3 is 2.88 bits per heavy atom. The Labute approximate surface area is 139 Å². The molecule has 1 N–H and O–H groups in total. The molecule has 2 aromatic rings. The van der Waals surface area contributed by atoms with Crippen molar-refractivity contribution in [1.29, 1.82) is 0 Å². The zero-order valence-electron chi connectivity index (χ0n) is 13.4. The van der Waals surface area contributed by atoms with Crippen LogP contribution in [-0.2, 0) is 16.1 Å². The van der Waals surface area contributed by atoms with E-state index >= 15 is 0 Å². The monoisotopic (exact) mass is 329 g/mol. The zero-order valence-corrected chi connectivity index (χ0v) is 13.4. The molecule has 3 rings (SSSR count). The Kier molecular flexibility index (Phi) is 4.79. The van der Waals surface area contributed by atoms with Gasteiger partial charge in [0.1, 0.15) is 18.4 Å². The first-order chi connectivity index (χ1) is 11.6. The molecule has 0 saturated carbocycles. The topological polar surface area (TPSA) is 84.7 Å². The van der Waals surface area contributed by atoms with Gasteiger partial charge in [0, 0.05) is 12.6 Å². The van der Waals surface area contributed by atoms with Gasteiger partial charge in [-0.1, -0.05) is 35.5 Å². The summed E-state index contributed by atoms with van der Waals surface area (Å²) in [5.41, 5.74) is 0.907. The number of hydrogen-bond donors (Lipinski definition) is 1. The van der Waals surface area contributed by atoms with Crippen LogP contribution in [0.5, 0.6) is 0 Å². The first-order valence-electron chi connectivity index (χ1n) is 7.85. The Morgan fingerprint density at radius 2 is 2.17 bits per heavy atom. The quantitative estimate of drug-likeness (QED) is 0.932. The average Bonchev–Trinajstić information content (AvgIpc) is 3.22. The molecule has 1 aromatic carbocycles. The minimum Gasteiger partial charge on any atom is -0.445 e. The normalized spacial score (nSPS) is 16.9. The molecule has 1 aliphatic rings. The number of nitrogens with zero attached hydrogens (tertiary/aromatic N) is 2. The van der Waals surface area contributed by atoms with Crippen LogP contribution >= 0.6 is 0 Å². The highest BCUT2D eigenvalue weighted by molar-refractivity contribution is 5.96. The molecule has 2 heterocycles. The van der Waals surface area contributed by atoms with E-state index in [9.17, 15) is 9.59 Å². The highest BCUT2D eigenvalue weighted by Gasteiger charge is 2.35. The lowest BCUT2D eigenvalue weighted by Crippen LogP contribution is -2.43. The third-order valence-electron chi connectivity index (χ3n) is 3.87. The SMILES string of the molecule is Cc1cc(NC(=O)C2CCCN2C(=O)OCc2ccccc2)no1. The number of likely N-dealkylation sites (tertiary alicyclic amines) is 1. The van der Waals surface area contributed by atoms with E-state index in [1.165, 1.54) is 4.90 Å². The number of aryl methyl sites for hydroxylation is 1. The Bertz CT molecular complexity index is 714. The van der Waals surface area contributed by atoms with Crippen LogP contribution in [0.1, 0.15) is 24.2 Å². The van der Waals surface area contributed by atoms with E-state index in [0.717, 1.165) is 12.0 Å². The third-order valence-corrected chi connectivity index (χ3v) is 3.87. The van der Waals surface area contributed by atoms with Gasteiger partial charge in [-0.15, -0.1) is 0 Å².